The molecule has 0 atom stereocenters. The summed E-state index contributed by atoms with van der Waals surface area (Å²) >= 11 is 0. The zero-order valence-electron chi connectivity index (χ0n) is 13.8. The number of rotatable bonds is 7. The Kier molecular flexibility index (Phi) is 6.24. The van der Waals surface area contributed by atoms with E-state index < -0.39 is 0 Å². The molecule has 0 saturated carbocycles. The highest BCUT2D eigenvalue weighted by Gasteiger charge is 2.17. The third-order valence-electron chi connectivity index (χ3n) is 3.06. The maximum absolute atomic E-state index is 5.90. The van der Waals surface area contributed by atoms with Crippen molar-refractivity contribution in [3.63, 3.8) is 0 Å². The Hall–Kier alpha value is -1.32. The van der Waals surface area contributed by atoms with Gasteiger partial charge in [-0.25, -0.2) is 9.97 Å². The lowest BCUT2D eigenvalue weighted by Gasteiger charge is -2.20. The summed E-state index contributed by atoms with van der Waals surface area (Å²) in [6.07, 6.45) is 3.66. The van der Waals surface area contributed by atoms with Crippen molar-refractivity contribution in [3.05, 3.63) is 11.9 Å². The minimum Gasteiger partial charge on any atom is -0.477 e. The average Bonchev–Trinajstić information content (AvgIpc) is 2.34. The smallest absolute Gasteiger partial charge is 0.222 e. The second-order valence-electron chi connectivity index (χ2n) is 6.68. The van der Waals surface area contributed by atoms with Crippen LogP contribution in [0.25, 0.3) is 0 Å². The molecule has 0 aromatic carbocycles. The van der Waals surface area contributed by atoms with E-state index in [0.29, 0.717) is 12.5 Å². The number of nitrogens with one attached hydrogen (secondary N) is 1. The molecule has 4 heteroatoms. The van der Waals surface area contributed by atoms with Gasteiger partial charge in [0.2, 0.25) is 5.88 Å². The van der Waals surface area contributed by atoms with Gasteiger partial charge in [0.15, 0.2) is 0 Å². The first-order valence-electron chi connectivity index (χ1n) is 7.56. The van der Waals surface area contributed by atoms with Crippen LogP contribution in [0.3, 0.4) is 0 Å². The van der Waals surface area contributed by atoms with E-state index in [4.69, 9.17) is 4.74 Å². The molecule has 4 nitrogen and oxygen atoms in total. The second-order valence-corrected chi connectivity index (χ2v) is 6.68. The van der Waals surface area contributed by atoms with Crippen molar-refractivity contribution in [2.24, 2.45) is 5.41 Å². The summed E-state index contributed by atoms with van der Waals surface area (Å²) in [5, 5.41) is 3.36. The van der Waals surface area contributed by atoms with E-state index in [2.05, 4.69) is 56.8 Å². The molecule has 0 fully saturated rings. The molecule has 0 unspecified atom stereocenters. The van der Waals surface area contributed by atoms with Crippen LogP contribution in [0, 0.1) is 5.41 Å². The van der Waals surface area contributed by atoms with Gasteiger partial charge in [-0.05, 0) is 24.2 Å². The Balaban J connectivity index is 2.83. The van der Waals surface area contributed by atoms with Gasteiger partial charge in [-0.3, -0.25) is 0 Å². The number of aromatic nitrogens is 2. The summed E-state index contributed by atoms with van der Waals surface area (Å²) in [6.45, 7) is 14.7. The highest BCUT2D eigenvalue weighted by Crippen LogP contribution is 2.30. The molecule has 0 bridgehead atoms. The number of ether oxygens (including phenoxy) is 1. The van der Waals surface area contributed by atoms with Crippen molar-refractivity contribution in [2.75, 3.05) is 18.5 Å². The van der Waals surface area contributed by atoms with E-state index in [1.807, 2.05) is 0 Å². The molecule has 0 saturated heterocycles. The van der Waals surface area contributed by atoms with Crippen molar-refractivity contribution in [1.82, 2.24) is 9.97 Å². The molecule has 0 amide bonds. The lowest BCUT2D eigenvalue weighted by molar-refractivity contribution is 0.234. The second kappa shape index (κ2) is 7.46. The first-order chi connectivity index (χ1) is 9.35. The topological polar surface area (TPSA) is 47.0 Å². The lowest BCUT2D eigenvalue weighted by Crippen LogP contribution is -2.14. The van der Waals surface area contributed by atoms with E-state index in [9.17, 15) is 0 Å². The van der Waals surface area contributed by atoms with Crippen LogP contribution in [0.4, 0.5) is 5.82 Å². The highest BCUT2D eigenvalue weighted by atomic mass is 16.5. The molecule has 1 aromatic rings. The SMILES string of the molecule is CCCNc1ncnc(OCCC(C)(C)C)c1C(C)C. The molecule has 1 rings (SSSR count). The standard InChI is InChI=1S/C16H29N3O/c1-7-9-17-14-13(12(2)3)15(19-11-18-14)20-10-8-16(4,5)6/h11-12H,7-10H2,1-6H3,(H,17,18,19). The summed E-state index contributed by atoms with van der Waals surface area (Å²) in [5.74, 6) is 1.96. The normalized spacial score (nSPS) is 11.8. The van der Waals surface area contributed by atoms with Crippen molar-refractivity contribution in [3.8, 4) is 5.88 Å². The van der Waals surface area contributed by atoms with Crippen LogP contribution in [0.2, 0.25) is 0 Å². The fourth-order valence-electron chi connectivity index (χ4n) is 1.85. The number of hydrogen-bond acceptors (Lipinski definition) is 4. The Bertz CT molecular complexity index is 411. The lowest BCUT2D eigenvalue weighted by atomic mass is 9.93. The third-order valence-corrected chi connectivity index (χ3v) is 3.06. The van der Waals surface area contributed by atoms with E-state index in [-0.39, 0.29) is 5.41 Å². The molecule has 1 aromatic heterocycles. The molecule has 1 N–H and O–H groups in total. The Morgan fingerprint density at radius 1 is 1.25 bits per heavy atom. The molecule has 20 heavy (non-hydrogen) atoms. The molecule has 0 aliphatic rings. The predicted octanol–water partition coefficient (Wildman–Crippen LogP) is 4.24. The Morgan fingerprint density at radius 2 is 1.95 bits per heavy atom. The monoisotopic (exact) mass is 279 g/mol. The van der Waals surface area contributed by atoms with Gasteiger partial charge in [0, 0.05) is 6.54 Å². The first-order valence-corrected chi connectivity index (χ1v) is 7.56. The quantitative estimate of drug-likeness (QED) is 0.811. The molecular weight excluding hydrogens is 250 g/mol. The van der Waals surface area contributed by atoms with Crippen LogP contribution < -0.4 is 10.1 Å². The molecule has 0 radical (unpaired) electrons. The maximum atomic E-state index is 5.90. The summed E-state index contributed by atoms with van der Waals surface area (Å²) in [5.41, 5.74) is 1.35. The van der Waals surface area contributed by atoms with E-state index in [1.54, 1.807) is 6.33 Å². The van der Waals surface area contributed by atoms with Gasteiger partial charge < -0.3 is 10.1 Å². The van der Waals surface area contributed by atoms with Gasteiger partial charge in [0.1, 0.15) is 12.1 Å². The molecule has 0 aliphatic heterocycles. The largest absolute Gasteiger partial charge is 0.477 e. The van der Waals surface area contributed by atoms with Crippen LogP contribution in [-0.4, -0.2) is 23.1 Å². The minimum absolute atomic E-state index is 0.272. The van der Waals surface area contributed by atoms with Gasteiger partial charge in [-0.1, -0.05) is 41.5 Å². The predicted molar refractivity (Wildman–Crippen MR) is 84.5 cm³/mol. The number of hydrogen-bond donors (Lipinski definition) is 1. The number of nitrogens with zero attached hydrogens (tertiary/aromatic N) is 2. The molecule has 1 heterocycles. The molecular formula is C16H29N3O. The van der Waals surface area contributed by atoms with Crippen LogP contribution >= 0.6 is 0 Å². The zero-order valence-corrected chi connectivity index (χ0v) is 13.8. The highest BCUT2D eigenvalue weighted by molar-refractivity contribution is 5.50. The van der Waals surface area contributed by atoms with E-state index in [1.165, 1.54) is 0 Å². The van der Waals surface area contributed by atoms with Gasteiger partial charge in [0.05, 0.1) is 12.2 Å². The summed E-state index contributed by atoms with van der Waals surface area (Å²) < 4.78 is 5.90. The van der Waals surface area contributed by atoms with Crippen LogP contribution in [0.15, 0.2) is 6.33 Å². The van der Waals surface area contributed by atoms with E-state index >= 15 is 0 Å². The van der Waals surface area contributed by atoms with Crippen LogP contribution in [0.1, 0.15) is 65.9 Å². The van der Waals surface area contributed by atoms with Gasteiger partial charge in [-0.15, -0.1) is 0 Å². The van der Waals surface area contributed by atoms with Gasteiger partial charge >= 0.3 is 0 Å². The third kappa shape index (κ3) is 5.35. The summed E-state index contributed by atoms with van der Waals surface area (Å²) in [4.78, 5) is 8.67. The average molecular weight is 279 g/mol. The fraction of sp³-hybridized carbons (Fsp3) is 0.750. The van der Waals surface area contributed by atoms with Crippen molar-refractivity contribution in [1.29, 1.82) is 0 Å². The van der Waals surface area contributed by atoms with Crippen molar-refractivity contribution < 1.29 is 4.74 Å². The van der Waals surface area contributed by atoms with Crippen molar-refractivity contribution in [2.45, 2.75) is 60.3 Å². The van der Waals surface area contributed by atoms with Crippen LogP contribution in [0.5, 0.6) is 5.88 Å². The summed E-state index contributed by atoms with van der Waals surface area (Å²) in [6, 6.07) is 0. The van der Waals surface area contributed by atoms with Gasteiger partial charge in [-0.2, -0.15) is 0 Å². The number of anilines is 1. The maximum Gasteiger partial charge on any atom is 0.222 e. The molecule has 0 aliphatic carbocycles. The minimum atomic E-state index is 0.272. The van der Waals surface area contributed by atoms with Crippen molar-refractivity contribution >= 4 is 5.82 Å². The Labute approximate surface area is 123 Å². The summed E-state index contributed by atoms with van der Waals surface area (Å²) in [7, 11) is 0. The molecule has 114 valence electrons. The van der Waals surface area contributed by atoms with Crippen LogP contribution in [-0.2, 0) is 0 Å². The van der Waals surface area contributed by atoms with E-state index in [0.717, 1.165) is 36.6 Å². The molecule has 0 spiro atoms. The first kappa shape index (κ1) is 16.7. The zero-order chi connectivity index (χ0) is 15.2. The fourth-order valence-corrected chi connectivity index (χ4v) is 1.85. The Morgan fingerprint density at radius 3 is 2.50 bits per heavy atom. The van der Waals surface area contributed by atoms with Gasteiger partial charge in [0.25, 0.3) is 0 Å².